The maximum Gasteiger partial charge on any atom is 0.410 e. The number of halogens is 1. The van der Waals surface area contributed by atoms with Gasteiger partial charge in [-0.2, -0.15) is 0 Å². The molecule has 15 heavy (non-hydrogen) atoms. The van der Waals surface area contributed by atoms with Gasteiger partial charge in [0.1, 0.15) is 5.75 Å². The van der Waals surface area contributed by atoms with Gasteiger partial charge in [0.25, 0.3) is 0 Å². The van der Waals surface area contributed by atoms with Crippen LogP contribution in [0.5, 0.6) is 5.75 Å². The average Bonchev–Trinajstić information content (AvgIpc) is 2.22. The number of carbonyl (C=O) groups excluding carboxylic acids is 1. The molecule has 2 rings (SSSR count). The van der Waals surface area contributed by atoms with Gasteiger partial charge < -0.3 is 10.5 Å². The van der Waals surface area contributed by atoms with Crippen molar-refractivity contribution >= 4 is 32.8 Å². The molecule has 4 heteroatoms. The maximum atomic E-state index is 10.6. The third kappa shape index (κ3) is 1.94. The van der Waals surface area contributed by atoms with Gasteiger partial charge in [0, 0.05) is 0 Å². The third-order valence-electron chi connectivity index (χ3n) is 2.04. The van der Waals surface area contributed by atoms with E-state index in [1.165, 1.54) is 0 Å². The van der Waals surface area contributed by atoms with Crippen molar-refractivity contribution in [2.45, 2.75) is 0 Å². The summed E-state index contributed by atoms with van der Waals surface area (Å²) in [5.74, 6) is 0.432. The Kier molecular flexibility index (Phi) is 2.60. The van der Waals surface area contributed by atoms with E-state index in [2.05, 4.69) is 15.9 Å². The Bertz CT molecular complexity index is 525. The summed E-state index contributed by atoms with van der Waals surface area (Å²) < 4.78 is 5.58. The van der Waals surface area contributed by atoms with Crippen molar-refractivity contribution in [3.63, 3.8) is 0 Å². The van der Waals surface area contributed by atoms with Gasteiger partial charge >= 0.3 is 6.09 Å². The quantitative estimate of drug-likeness (QED) is 0.862. The molecule has 0 spiro atoms. The standard InChI is InChI=1S/C11H8BrNO2/c12-10-8-4-2-1-3-7(8)5-6-9(10)15-11(13)14/h1-6H,(H2,13,14). The molecular weight excluding hydrogens is 258 g/mol. The topological polar surface area (TPSA) is 52.3 Å². The molecule has 0 saturated carbocycles. The highest BCUT2D eigenvalue weighted by Crippen LogP contribution is 2.32. The van der Waals surface area contributed by atoms with Crippen molar-refractivity contribution in [3.8, 4) is 5.75 Å². The van der Waals surface area contributed by atoms with Crippen LogP contribution < -0.4 is 10.5 Å². The van der Waals surface area contributed by atoms with E-state index in [4.69, 9.17) is 10.5 Å². The summed E-state index contributed by atoms with van der Waals surface area (Å²) in [4.78, 5) is 10.6. The van der Waals surface area contributed by atoms with E-state index in [1.807, 2.05) is 30.3 Å². The van der Waals surface area contributed by atoms with Gasteiger partial charge in [-0.15, -0.1) is 0 Å². The predicted molar refractivity (Wildman–Crippen MR) is 61.9 cm³/mol. The first-order chi connectivity index (χ1) is 7.18. The molecule has 0 unspecified atom stereocenters. The molecule has 0 aliphatic rings. The highest BCUT2D eigenvalue weighted by Gasteiger charge is 2.07. The summed E-state index contributed by atoms with van der Waals surface area (Å²) >= 11 is 3.38. The lowest BCUT2D eigenvalue weighted by Crippen LogP contribution is -2.16. The van der Waals surface area contributed by atoms with E-state index in [1.54, 1.807) is 6.07 Å². The van der Waals surface area contributed by atoms with E-state index < -0.39 is 6.09 Å². The first-order valence-electron chi connectivity index (χ1n) is 4.33. The van der Waals surface area contributed by atoms with Gasteiger partial charge in [-0.05, 0) is 32.8 Å². The van der Waals surface area contributed by atoms with Crippen molar-refractivity contribution in [1.82, 2.24) is 0 Å². The molecular formula is C11H8BrNO2. The number of primary amides is 1. The van der Waals surface area contributed by atoms with Gasteiger partial charge in [0.15, 0.2) is 0 Å². The molecule has 0 aliphatic carbocycles. The Balaban J connectivity index is 2.59. The van der Waals surface area contributed by atoms with E-state index >= 15 is 0 Å². The number of benzene rings is 2. The van der Waals surface area contributed by atoms with Crippen LogP contribution in [0, 0.1) is 0 Å². The molecule has 0 aromatic heterocycles. The molecule has 0 atom stereocenters. The van der Waals surface area contributed by atoms with Crippen LogP contribution in [0.1, 0.15) is 0 Å². The second-order valence-corrected chi connectivity index (χ2v) is 3.81. The minimum atomic E-state index is -0.814. The van der Waals surface area contributed by atoms with Gasteiger partial charge in [-0.1, -0.05) is 30.3 Å². The summed E-state index contributed by atoms with van der Waals surface area (Å²) in [7, 11) is 0. The Morgan fingerprint density at radius 3 is 2.67 bits per heavy atom. The molecule has 2 N–H and O–H groups in total. The van der Waals surface area contributed by atoms with E-state index in [0.717, 1.165) is 15.2 Å². The van der Waals surface area contributed by atoms with Gasteiger partial charge in [-0.3, -0.25) is 0 Å². The van der Waals surface area contributed by atoms with Crippen LogP contribution in [-0.4, -0.2) is 6.09 Å². The fraction of sp³-hybridized carbons (Fsp3) is 0. The predicted octanol–water partition coefficient (Wildman–Crippen LogP) is 3.06. The fourth-order valence-electron chi connectivity index (χ4n) is 1.40. The Labute approximate surface area is 95.0 Å². The number of hydrogen-bond acceptors (Lipinski definition) is 2. The van der Waals surface area contributed by atoms with Gasteiger partial charge in [0.05, 0.1) is 4.47 Å². The minimum absolute atomic E-state index is 0.432. The molecule has 1 amide bonds. The van der Waals surface area contributed by atoms with E-state index in [9.17, 15) is 4.79 Å². The molecule has 3 nitrogen and oxygen atoms in total. The largest absolute Gasteiger partial charge is 0.410 e. The molecule has 2 aromatic carbocycles. The van der Waals surface area contributed by atoms with Crippen molar-refractivity contribution in [3.05, 3.63) is 40.9 Å². The van der Waals surface area contributed by atoms with Crippen molar-refractivity contribution in [2.24, 2.45) is 5.73 Å². The monoisotopic (exact) mass is 265 g/mol. The summed E-state index contributed by atoms with van der Waals surface area (Å²) in [5.41, 5.74) is 4.96. The molecule has 0 radical (unpaired) electrons. The van der Waals surface area contributed by atoms with E-state index in [-0.39, 0.29) is 0 Å². The van der Waals surface area contributed by atoms with Gasteiger partial charge in [-0.25, -0.2) is 4.79 Å². The van der Waals surface area contributed by atoms with Crippen molar-refractivity contribution in [1.29, 1.82) is 0 Å². The van der Waals surface area contributed by atoms with Gasteiger partial charge in [0.2, 0.25) is 0 Å². The normalized spacial score (nSPS) is 10.2. The highest BCUT2D eigenvalue weighted by molar-refractivity contribution is 9.10. The summed E-state index contributed by atoms with van der Waals surface area (Å²) in [6.45, 7) is 0. The average molecular weight is 266 g/mol. The van der Waals surface area contributed by atoms with Crippen LogP contribution >= 0.6 is 15.9 Å². The number of carbonyl (C=O) groups is 1. The van der Waals surface area contributed by atoms with E-state index in [0.29, 0.717) is 5.75 Å². The lowest BCUT2D eigenvalue weighted by molar-refractivity contribution is 0.210. The SMILES string of the molecule is NC(=O)Oc1ccc2ccccc2c1Br. The number of rotatable bonds is 1. The number of fused-ring (bicyclic) bond motifs is 1. The van der Waals surface area contributed by atoms with Crippen molar-refractivity contribution in [2.75, 3.05) is 0 Å². The smallest absolute Gasteiger partial charge is 0.409 e. The Hall–Kier alpha value is -1.55. The zero-order chi connectivity index (χ0) is 10.8. The first kappa shape index (κ1) is 9.98. The molecule has 0 bridgehead atoms. The zero-order valence-electron chi connectivity index (χ0n) is 7.74. The lowest BCUT2D eigenvalue weighted by atomic mass is 10.1. The van der Waals surface area contributed by atoms with Crippen molar-refractivity contribution < 1.29 is 9.53 Å². The van der Waals surface area contributed by atoms with Crippen LogP contribution in [0.15, 0.2) is 40.9 Å². The number of nitrogens with two attached hydrogens (primary N) is 1. The molecule has 0 heterocycles. The summed E-state index contributed by atoms with van der Waals surface area (Å²) in [6, 6.07) is 11.4. The van der Waals surface area contributed by atoms with Crippen LogP contribution in [0.3, 0.4) is 0 Å². The summed E-state index contributed by atoms with van der Waals surface area (Å²) in [5, 5.41) is 2.05. The molecule has 0 fully saturated rings. The number of ether oxygens (including phenoxy) is 1. The molecule has 0 aliphatic heterocycles. The lowest BCUT2D eigenvalue weighted by Gasteiger charge is -2.06. The Morgan fingerprint density at radius 2 is 1.93 bits per heavy atom. The Morgan fingerprint density at radius 1 is 1.20 bits per heavy atom. The zero-order valence-corrected chi connectivity index (χ0v) is 9.32. The van der Waals surface area contributed by atoms with Crippen LogP contribution in [0.4, 0.5) is 4.79 Å². The minimum Gasteiger partial charge on any atom is -0.409 e. The number of hydrogen-bond donors (Lipinski definition) is 1. The first-order valence-corrected chi connectivity index (χ1v) is 5.12. The maximum absolute atomic E-state index is 10.6. The van der Waals surface area contributed by atoms with Crippen LogP contribution in [-0.2, 0) is 0 Å². The second-order valence-electron chi connectivity index (χ2n) is 3.02. The highest BCUT2D eigenvalue weighted by atomic mass is 79.9. The van der Waals surface area contributed by atoms with Crippen LogP contribution in [0.2, 0.25) is 0 Å². The fourth-order valence-corrected chi connectivity index (χ4v) is 1.97. The second kappa shape index (κ2) is 3.90. The molecule has 2 aromatic rings. The number of amides is 1. The molecule has 76 valence electrons. The summed E-state index contributed by atoms with van der Waals surface area (Å²) in [6.07, 6.45) is -0.814. The van der Waals surface area contributed by atoms with Crippen LogP contribution in [0.25, 0.3) is 10.8 Å². The third-order valence-corrected chi connectivity index (χ3v) is 2.86. The molecule has 0 saturated heterocycles.